The number of anilines is 1. The van der Waals surface area contributed by atoms with Gasteiger partial charge in [-0.25, -0.2) is 0 Å². The van der Waals surface area contributed by atoms with Crippen LogP contribution in [0.4, 0.5) is 5.69 Å². The van der Waals surface area contributed by atoms with Crippen LogP contribution in [-0.4, -0.2) is 17.9 Å². The normalized spacial score (nSPS) is 10.2. The third-order valence-corrected chi connectivity index (χ3v) is 2.95. The number of thioether (sulfide) groups is 1. The van der Waals surface area contributed by atoms with Crippen LogP contribution >= 0.6 is 11.8 Å². The zero-order valence-electron chi connectivity index (χ0n) is 10.2. The molecular weight excluding hydrogens is 218 g/mol. The molecule has 0 heterocycles. The molecule has 0 unspecified atom stereocenters. The minimum atomic E-state index is 0.110. The van der Waals surface area contributed by atoms with Gasteiger partial charge >= 0.3 is 0 Å². The van der Waals surface area contributed by atoms with Gasteiger partial charge in [-0.3, -0.25) is 4.79 Å². The van der Waals surface area contributed by atoms with Gasteiger partial charge in [-0.2, -0.15) is 11.8 Å². The van der Waals surface area contributed by atoms with Crippen molar-refractivity contribution in [2.45, 2.75) is 26.7 Å². The van der Waals surface area contributed by atoms with Crippen molar-refractivity contribution in [2.75, 3.05) is 17.3 Å². The summed E-state index contributed by atoms with van der Waals surface area (Å²) in [6.07, 6.45) is 3.60. The van der Waals surface area contributed by atoms with Crippen molar-refractivity contribution in [1.82, 2.24) is 0 Å². The Morgan fingerprint density at radius 3 is 2.44 bits per heavy atom. The lowest BCUT2D eigenvalue weighted by molar-refractivity contribution is -0.116. The second kappa shape index (κ2) is 6.59. The minimum absolute atomic E-state index is 0.110. The molecule has 1 N–H and O–H groups in total. The van der Waals surface area contributed by atoms with Gasteiger partial charge in [0.25, 0.3) is 0 Å². The van der Waals surface area contributed by atoms with E-state index < -0.39 is 0 Å². The number of amides is 1. The molecule has 0 saturated carbocycles. The lowest BCUT2D eigenvalue weighted by Crippen LogP contribution is -2.11. The number of hydrogen-bond donors (Lipinski definition) is 1. The molecule has 0 aromatic heterocycles. The number of benzene rings is 1. The summed E-state index contributed by atoms with van der Waals surface area (Å²) in [6, 6.07) is 6.10. The summed E-state index contributed by atoms with van der Waals surface area (Å²) in [5.41, 5.74) is 3.27. The van der Waals surface area contributed by atoms with E-state index >= 15 is 0 Å². The van der Waals surface area contributed by atoms with Crippen LogP contribution in [0.1, 0.15) is 24.0 Å². The van der Waals surface area contributed by atoms with E-state index in [2.05, 4.69) is 17.6 Å². The molecular formula is C13H19NOS. The van der Waals surface area contributed by atoms with Gasteiger partial charge in [0.1, 0.15) is 0 Å². The van der Waals surface area contributed by atoms with Crippen molar-refractivity contribution >= 4 is 23.4 Å². The molecule has 16 heavy (non-hydrogen) atoms. The van der Waals surface area contributed by atoms with Crippen LogP contribution in [0, 0.1) is 13.8 Å². The number of aryl methyl sites for hydroxylation is 2. The lowest BCUT2D eigenvalue weighted by Gasteiger charge is -2.07. The fourth-order valence-electron chi connectivity index (χ4n) is 1.65. The molecule has 0 aliphatic rings. The smallest absolute Gasteiger partial charge is 0.224 e. The SMILES string of the molecule is CSCCCC(=O)Nc1cc(C)cc(C)c1. The summed E-state index contributed by atoms with van der Waals surface area (Å²) in [5, 5.41) is 2.93. The summed E-state index contributed by atoms with van der Waals surface area (Å²) < 4.78 is 0. The number of carbonyl (C=O) groups excluding carboxylic acids is 1. The maximum Gasteiger partial charge on any atom is 0.224 e. The van der Waals surface area contributed by atoms with E-state index in [0.29, 0.717) is 6.42 Å². The molecule has 3 heteroatoms. The van der Waals surface area contributed by atoms with E-state index in [1.165, 1.54) is 11.1 Å². The van der Waals surface area contributed by atoms with Gasteiger partial charge < -0.3 is 5.32 Å². The molecule has 0 bridgehead atoms. The Labute approximate surface area is 102 Å². The van der Waals surface area contributed by atoms with Crippen LogP contribution in [-0.2, 0) is 4.79 Å². The van der Waals surface area contributed by atoms with E-state index in [1.54, 1.807) is 11.8 Å². The van der Waals surface area contributed by atoms with Gasteiger partial charge in [-0.1, -0.05) is 6.07 Å². The third kappa shape index (κ3) is 4.71. The largest absolute Gasteiger partial charge is 0.326 e. The minimum Gasteiger partial charge on any atom is -0.326 e. The highest BCUT2D eigenvalue weighted by molar-refractivity contribution is 7.98. The molecule has 0 fully saturated rings. The van der Waals surface area contributed by atoms with Crippen molar-refractivity contribution in [1.29, 1.82) is 0 Å². The average molecular weight is 237 g/mol. The van der Waals surface area contributed by atoms with Gasteiger partial charge in [0.15, 0.2) is 0 Å². The fraction of sp³-hybridized carbons (Fsp3) is 0.462. The Kier molecular flexibility index (Phi) is 5.39. The van der Waals surface area contributed by atoms with E-state index in [0.717, 1.165) is 17.9 Å². The number of rotatable bonds is 5. The third-order valence-electron chi connectivity index (χ3n) is 2.26. The molecule has 0 aliphatic carbocycles. The quantitative estimate of drug-likeness (QED) is 0.795. The summed E-state index contributed by atoms with van der Waals surface area (Å²) in [7, 11) is 0. The molecule has 2 nitrogen and oxygen atoms in total. The summed E-state index contributed by atoms with van der Waals surface area (Å²) in [5.74, 6) is 1.15. The Morgan fingerprint density at radius 2 is 1.88 bits per heavy atom. The van der Waals surface area contributed by atoms with Crippen molar-refractivity contribution in [3.63, 3.8) is 0 Å². The first-order chi connectivity index (χ1) is 7.61. The lowest BCUT2D eigenvalue weighted by atomic mass is 10.1. The molecule has 1 rings (SSSR count). The molecule has 1 aromatic rings. The number of hydrogen-bond acceptors (Lipinski definition) is 2. The predicted octanol–water partition coefficient (Wildman–Crippen LogP) is 3.39. The van der Waals surface area contributed by atoms with Gasteiger partial charge in [-0.15, -0.1) is 0 Å². The maximum absolute atomic E-state index is 11.6. The van der Waals surface area contributed by atoms with Crippen molar-refractivity contribution in [3.8, 4) is 0 Å². The molecule has 1 aromatic carbocycles. The molecule has 0 spiro atoms. The topological polar surface area (TPSA) is 29.1 Å². The highest BCUT2D eigenvalue weighted by Crippen LogP contribution is 2.14. The van der Waals surface area contributed by atoms with Gasteiger partial charge in [0, 0.05) is 12.1 Å². The van der Waals surface area contributed by atoms with Gasteiger partial charge in [-0.05, 0) is 55.5 Å². The molecule has 0 radical (unpaired) electrons. The zero-order valence-corrected chi connectivity index (χ0v) is 11.0. The molecule has 88 valence electrons. The fourth-order valence-corrected chi connectivity index (χ4v) is 2.08. The van der Waals surface area contributed by atoms with Gasteiger partial charge in [0.2, 0.25) is 5.91 Å². The van der Waals surface area contributed by atoms with Crippen LogP contribution in [0.25, 0.3) is 0 Å². The Hall–Kier alpha value is -0.960. The van der Waals surface area contributed by atoms with Crippen molar-refractivity contribution in [2.24, 2.45) is 0 Å². The number of carbonyl (C=O) groups is 1. The Bertz CT molecular complexity index is 343. The van der Waals surface area contributed by atoms with Crippen LogP contribution in [0.2, 0.25) is 0 Å². The van der Waals surface area contributed by atoms with Crippen LogP contribution in [0.5, 0.6) is 0 Å². The molecule has 0 saturated heterocycles. The van der Waals surface area contributed by atoms with Crippen molar-refractivity contribution < 1.29 is 4.79 Å². The van der Waals surface area contributed by atoms with Crippen LogP contribution < -0.4 is 5.32 Å². The highest BCUT2D eigenvalue weighted by Gasteiger charge is 2.02. The monoisotopic (exact) mass is 237 g/mol. The Balaban J connectivity index is 2.49. The summed E-state index contributed by atoms with van der Waals surface area (Å²) in [6.45, 7) is 4.08. The van der Waals surface area contributed by atoms with Crippen LogP contribution in [0.15, 0.2) is 18.2 Å². The second-order valence-electron chi connectivity index (χ2n) is 4.02. The molecule has 0 aliphatic heterocycles. The van der Waals surface area contributed by atoms with E-state index in [-0.39, 0.29) is 5.91 Å². The summed E-state index contributed by atoms with van der Waals surface area (Å²) in [4.78, 5) is 11.6. The highest BCUT2D eigenvalue weighted by atomic mass is 32.2. The second-order valence-corrected chi connectivity index (χ2v) is 5.01. The van der Waals surface area contributed by atoms with Gasteiger partial charge in [0.05, 0.1) is 0 Å². The average Bonchev–Trinajstić information content (AvgIpc) is 2.16. The predicted molar refractivity (Wildman–Crippen MR) is 72.2 cm³/mol. The van der Waals surface area contributed by atoms with E-state index in [4.69, 9.17) is 0 Å². The first kappa shape index (κ1) is 13.1. The zero-order chi connectivity index (χ0) is 12.0. The summed E-state index contributed by atoms with van der Waals surface area (Å²) >= 11 is 1.77. The number of nitrogens with one attached hydrogen (secondary N) is 1. The van der Waals surface area contributed by atoms with E-state index in [1.807, 2.05) is 26.0 Å². The first-order valence-electron chi connectivity index (χ1n) is 5.49. The first-order valence-corrected chi connectivity index (χ1v) is 6.88. The van der Waals surface area contributed by atoms with E-state index in [9.17, 15) is 4.79 Å². The molecule has 0 atom stereocenters. The molecule has 1 amide bonds. The Morgan fingerprint density at radius 1 is 1.25 bits per heavy atom. The standard InChI is InChI=1S/C13H19NOS/c1-10-7-11(2)9-12(8-10)14-13(15)5-4-6-16-3/h7-9H,4-6H2,1-3H3,(H,14,15). The van der Waals surface area contributed by atoms with Crippen LogP contribution in [0.3, 0.4) is 0 Å². The van der Waals surface area contributed by atoms with Crippen molar-refractivity contribution in [3.05, 3.63) is 29.3 Å². The maximum atomic E-state index is 11.6.